The topological polar surface area (TPSA) is 20.3 Å². The van der Waals surface area contributed by atoms with Gasteiger partial charge in [0.15, 0.2) is 0 Å². The fraction of sp³-hybridized carbons (Fsp3) is 0.980. The standard InChI is InChI=1S/C50H103N2O/c1-6-8-10-12-14-16-18-20-22-24-26-28-31-35-39-43-47-51(50(53)46-42-38-34-30-33-37-41-45-49-52(3,4)5)48-44-40-36-32-29-27-25-23-21-19-17-15-13-11-9-7-2/h6-49H2,1-5H3/q+1. The van der Waals surface area contributed by atoms with Crippen LogP contribution < -0.4 is 0 Å². The highest BCUT2D eigenvalue weighted by molar-refractivity contribution is 5.76. The third-order valence-electron chi connectivity index (χ3n) is 11.9. The molecule has 0 saturated heterocycles. The first-order valence-electron chi connectivity index (χ1n) is 25.0. The lowest BCUT2D eigenvalue weighted by molar-refractivity contribution is -0.870. The van der Waals surface area contributed by atoms with Crippen LogP contribution >= 0.6 is 0 Å². The Hall–Kier alpha value is -0.570. The van der Waals surface area contributed by atoms with E-state index in [1.165, 1.54) is 257 Å². The number of hydrogen-bond donors (Lipinski definition) is 0. The van der Waals surface area contributed by atoms with Crippen molar-refractivity contribution in [3.05, 3.63) is 0 Å². The van der Waals surface area contributed by atoms with Crippen LogP contribution in [-0.2, 0) is 4.79 Å². The first-order valence-corrected chi connectivity index (χ1v) is 25.0. The number of carbonyl (C=O) groups is 1. The van der Waals surface area contributed by atoms with E-state index < -0.39 is 0 Å². The van der Waals surface area contributed by atoms with Crippen molar-refractivity contribution in [2.75, 3.05) is 40.8 Å². The minimum Gasteiger partial charge on any atom is -0.343 e. The maximum absolute atomic E-state index is 13.3. The van der Waals surface area contributed by atoms with Crippen LogP contribution in [0.4, 0.5) is 0 Å². The predicted molar refractivity (Wildman–Crippen MR) is 240 cm³/mol. The van der Waals surface area contributed by atoms with Gasteiger partial charge in [-0.05, 0) is 32.1 Å². The predicted octanol–water partition coefficient (Wildman–Crippen LogP) is 16.6. The van der Waals surface area contributed by atoms with Crippen LogP contribution in [0.5, 0.6) is 0 Å². The number of rotatable bonds is 45. The maximum Gasteiger partial charge on any atom is 0.222 e. The molecule has 0 aliphatic carbocycles. The molecule has 0 N–H and O–H groups in total. The van der Waals surface area contributed by atoms with Gasteiger partial charge in [-0.25, -0.2) is 0 Å². The van der Waals surface area contributed by atoms with Gasteiger partial charge in [0.1, 0.15) is 0 Å². The smallest absolute Gasteiger partial charge is 0.222 e. The summed E-state index contributed by atoms with van der Waals surface area (Å²) >= 11 is 0. The van der Waals surface area contributed by atoms with Gasteiger partial charge in [0.2, 0.25) is 5.91 Å². The van der Waals surface area contributed by atoms with Crippen LogP contribution in [-0.4, -0.2) is 56.1 Å². The fourth-order valence-electron chi connectivity index (χ4n) is 8.14. The van der Waals surface area contributed by atoms with Gasteiger partial charge in [-0.3, -0.25) is 4.79 Å². The Morgan fingerprint density at radius 1 is 0.321 bits per heavy atom. The van der Waals surface area contributed by atoms with Crippen LogP contribution in [0, 0.1) is 0 Å². The second-order valence-electron chi connectivity index (χ2n) is 18.6. The molecule has 0 spiro atoms. The quantitative estimate of drug-likeness (QED) is 0.0449. The molecule has 3 heteroatoms. The molecule has 3 nitrogen and oxygen atoms in total. The summed E-state index contributed by atoms with van der Waals surface area (Å²) in [5.74, 6) is 0.451. The Morgan fingerprint density at radius 3 is 0.811 bits per heavy atom. The molecule has 1 amide bonds. The summed E-state index contributed by atoms with van der Waals surface area (Å²) in [7, 11) is 6.89. The van der Waals surface area contributed by atoms with Gasteiger partial charge in [-0.15, -0.1) is 0 Å². The summed E-state index contributed by atoms with van der Waals surface area (Å²) in [6.45, 7) is 7.91. The van der Waals surface area contributed by atoms with Gasteiger partial charge < -0.3 is 9.38 Å². The molecular weight excluding hydrogens is 645 g/mol. The van der Waals surface area contributed by atoms with Crippen molar-refractivity contribution in [3.63, 3.8) is 0 Å². The number of unbranched alkanes of at least 4 members (excludes halogenated alkanes) is 37. The van der Waals surface area contributed by atoms with Gasteiger partial charge in [0.25, 0.3) is 0 Å². The van der Waals surface area contributed by atoms with Crippen LogP contribution in [0.25, 0.3) is 0 Å². The number of hydrogen-bond acceptors (Lipinski definition) is 1. The lowest BCUT2D eigenvalue weighted by Gasteiger charge is -2.23. The number of carbonyl (C=O) groups excluding carboxylic acids is 1. The third kappa shape index (κ3) is 44.0. The summed E-state index contributed by atoms with van der Waals surface area (Å²) in [5, 5.41) is 0. The number of quaternary nitrogens is 1. The van der Waals surface area contributed by atoms with Crippen LogP contribution in [0.1, 0.15) is 277 Å². The molecule has 0 aliphatic rings. The van der Waals surface area contributed by atoms with Gasteiger partial charge in [-0.2, -0.15) is 0 Å². The molecule has 0 heterocycles. The van der Waals surface area contributed by atoms with Crippen molar-refractivity contribution in [2.45, 2.75) is 277 Å². The molecule has 53 heavy (non-hydrogen) atoms. The monoisotopic (exact) mass is 748 g/mol. The molecule has 0 aromatic rings. The average Bonchev–Trinajstić information content (AvgIpc) is 3.13. The summed E-state index contributed by atoms with van der Waals surface area (Å²) < 4.78 is 1.09. The highest BCUT2D eigenvalue weighted by atomic mass is 16.2. The molecule has 0 unspecified atom stereocenters. The molecule has 0 fully saturated rings. The zero-order valence-corrected chi connectivity index (χ0v) is 37.9. The van der Waals surface area contributed by atoms with E-state index in [4.69, 9.17) is 0 Å². The molecule has 0 bridgehead atoms. The maximum atomic E-state index is 13.3. The highest BCUT2D eigenvalue weighted by Crippen LogP contribution is 2.17. The van der Waals surface area contributed by atoms with Gasteiger partial charge in [0, 0.05) is 19.5 Å². The second kappa shape index (κ2) is 42.6. The Balaban J connectivity index is 4.09. The molecule has 0 aromatic carbocycles. The minimum absolute atomic E-state index is 0.451. The molecular formula is C50H103N2O+. The van der Waals surface area contributed by atoms with Crippen molar-refractivity contribution in [2.24, 2.45) is 0 Å². The van der Waals surface area contributed by atoms with Crippen molar-refractivity contribution in [1.82, 2.24) is 4.90 Å². The van der Waals surface area contributed by atoms with Crippen molar-refractivity contribution in [1.29, 1.82) is 0 Å². The Bertz CT molecular complexity index is 664. The molecule has 0 aliphatic heterocycles. The van der Waals surface area contributed by atoms with Crippen LogP contribution in [0.2, 0.25) is 0 Å². The van der Waals surface area contributed by atoms with E-state index in [1.807, 2.05) is 0 Å². The normalized spacial score (nSPS) is 11.9. The first-order chi connectivity index (χ1) is 25.9. The number of amides is 1. The SMILES string of the molecule is CCCCCCCCCCCCCCCCCCN(CCCCCCCCCCCCCCCCCC)C(=O)CCCCCCCCCC[N+](C)(C)C. The van der Waals surface area contributed by atoms with E-state index in [2.05, 4.69) is 39.9 Å². The van der Waals surface area contributed by atoms with Gasteiger partial charge in [0.05, 0.1) is 27.7 Å². The summed E-state index contributed by atoms with van der Waals surface area (Å²) in [6, 6.07) is 0. The molecule has 0 radical (unpaired) electrons. The van der Waals surface area contributed by atoms with Crippen molar-refractivity contribution < 1.29 is 9.28 Å². The largest absolute Gasteiger partial charge is 0.343 e. The zero-order valence-electron chi connectivity index (χ0n) is 37.9. The van der Waals surface area contributed by atoms with Crippen LogP contribution in [0.15, 0.2) is 0 Å². The van der Waals surface area contributed by atoms with E-state index in [-0.39, 0.29) is 0 Å². The van der Waals surface area contributed by atoms with E-state index >= 15 is 0 Å². The molecule has 0 atom stereocenters. The van der Waals surface area contributed by atoms with E-state index in [9.17, 15) is 4.79 Å². The number of nitrogens with zero attached hydrogens (tertiary/aromatic N) is 2. The first kappa shape index (κ1) is 52.4. The van der Waals surface area contributed by atoms with Gasteiger partial charge >= 0.3 is 0 Å². The average molecular weight is 748 g/mol. The highest BCUT2D eigenvalue weighted by Gasteiger charge is 2.13. The molecule has 318 valence electrons. The molecule has 0 saturated carbocycles. The third-order valence-corrected chi connectivity index (χ3v) is 11.9. The minimum atomic E-state index is 0.451. The Kier molecular flexibility index (Phi) is 42.1. The van der Waals surface area contributed by atoms with Crippen molar-refractivity contribution >= 4 is 5.91 Å². The molecule has 0 aromatic heterocycles. The van der Waals surface area contributed by atoms with E-state index in [1.54, 1.807) is 0 Å². The zero-order chi connectivity index (χ0) is 38.8. The lowest BCUT2D eigenvalue weighted by atomic mass is 10.0. The summed E-state index contributed by atoms with van der Waals surface area (Å²) in [4.78, 5) is 15.6. The Labute approximate surface area is 337 Å². The van der Waals surface area contributed by atoms with Crippen LogP contribution in [0.3, 0.4) is 0 Å². The fourth-order valence-corrected chi connectivity index (χ4v) is 8.14. The Morgan fingerprint density at radius 2 is 0.547 bits per heavy atom. The van der Waals surface area contributed by atoms with E-state index in [0.717, 1.165) is 30.4 Å². The summed E-state index contributed by atoms with van der Waals surface area (Å²) in [5.41, 5.74) is 0. The molecule has 0 rings (SSSR count). The van der Waals surface area contributed by atoms with E-state index in [0.29, 0.717) is 5.91 Å². The summed E-state index contributed by atoms with van der Waals surface area (Å²) in [6.07, 6.45) is 56.2. The second-order valence-corrected chi connectivity index (χ2v) is 18.6. The lowest BCUT2D eigenvalue weighted by Crippen LogP contribution is -2.35. The van der Waals surface area contributed by atoms with Crippen molar-refractivity contribution in [3.8, 4) is 0 Å². The van der Waals surface area contributed by atoms with Gasteiger partial charge in [-0.1, -0.05) is 239 Å².